The first kappa shape index (κ1) is 29.7. The maximum atomic E-state index is 13.1. The van der Waals surface area contributed by atoms with Crippen LogP contribution in [0.25, 0.3) is 0 Å². The Labute approximate surface area is 220 Å². The number of aryl methyl sites for hydroxylation is 1. The predicted octanol–water partition coefficient (Wildman–Crippen LogP) is 6.80. The Morgan fingerprint density at radius 1 is 1.06 bits per heavy atom. The van der Waals surface area contributed by atoms with E-state index in [1.54, 1.807) is 31.2 Å². The average molecular weight is 517 g/mol. The molecule has 6 nitrogen and oxygen atoms in total. The third-order valence-electron chi connectivity index (χ3n) is 6.57. The van der Waals surface area contributed by atoms with E-state index in [0.717, 1.165) is 24.0 Å². The maximum absolute atomic E-state index is 13.1. The quantitative estimate of drug-likeness (QED) is 0.303. The van der Waals surface area contributed by atoms with Gasteiger partial charge in [-0.15, -0.1) is 0 Å². The molecule has 0 radical (unpaired) electrons. The fourth-order valence-corrected chi connectivity index (χ4v) is 4.60. The molecular formula is C29H41ClN2O4. The summed E-state index contributed by atoms with van der Waals surface area (Å²) in [5, 5.41) is 16.8. The van der Waals surface area contributed by atoms with Crippen LogP contribution in [0.4, 0.5) is 10.5 Å². The molecule has 2 aromatic rings. The number of hydrogen-bond donors (Lipinski definition) is 3. The number of carbonyl (C=O) groups is 2. The summed E-state index contributed by atoms with van der Waals surface area (Å²) in [5.74, 6) is -0.582. The molecule has 0 spiro atoms. The summed E-state index contributed by atoms with van der Waals surface area (Å²) in [6.07, 6.45) is 1.87. The first-order valence-electron chi connectivity index (χ1n) is 12.6. The lowest BCUT2D eigenvalue weighted by Crippen LogP contribution is -2.53. The number of anilines is 1. The van der Waals surface area contributed by atoms with Crippen molar-refractivity contribution in [1.29, 1.82) is 0 Å². The van der Waals surface area contributed by atoms with Crippen LogP contribution in [-0.4, -0.2) is 30.3 Å². The van der Waals surface area contributed by atoms with E-state index >= 15 is 0 Å². The summed E-state index contributed by atoms with van der Waals surface area (Å²) in [6.45, 7) is 14.5. The summed E-state index contributed by atoms with van der Waals surface area (Å²) in [4.78, 5) is 25.0. The van der Waals surface area contributed by atoms with Gasteiger partial charge in [0.15, 0.2) is 0 Å². The minimum absolute atomic E-state index is 0.0866. The molecule has 0 saturated heterocycles. The van der Waals surface area contributed by atoms with Gasteiger partial charge in [-0.2, -0.15) is 0 Å². The topological polar surface area (TPSA) is 87.7 Å². The lowest BCUT2D eigenvalue weighted by Gasteiger charge is -2.40. The SMILES string of the molecule is CCOC(=O)c1ccc(NC(=O)N[C@@](C)(c2ccc(CCC(C)(C)C)c(Cl)c2)C(CO)C(C)C)cc1. The molecule has 0 aliphatic rings. The molecule has 0 heterocycles. The first-order valence-corrected chi connectivity index (χ1v) is 12.9. The van der Waals surface area contributed by atoms with Crippen molar-refractivity contribution < 1.29 is 19.4 Å². The Morgan fingerprint density at radius 3 is 2.19 bits per heavy atom. The highest BCUT2D eigenvalue weighted by Crippen LogP contribution is 2.37. The first-order chi connectivity index (χ1) is 16.8. The van der Waals surface area contributed by atoms with Crippen molar-refractivity contribution in [2.45, 2.75) is 66.8 Å². The number of aliphatic hydroxyl groups is 1. The van der Waals surface area contributed by atoms with Gasteiger partial charge in [0, 0.05) is 23.2 Å². The zero-order valence-electron chi connectivity index (χ0n) is 22.6. The zero-order chi connectivity index (χ0) is 27.1. The number of hydrogen-bond acceptors (Lipinski definition) is 4. The highest BCUT2D eigenvalue weighted by molar-refractivity contribution is 6.31. The van der Waals surface area contributed by atoms with E-state index in [1.807, 2.05) is 39.0 Å². The number of esters is 1. The number of rotatable bonds is 10. The molecule has 0 bridgehead atoms. The van der Waals surface area contributed by atoms with Crippen LogP contribution in [0.5, 0.6) is 0 Å². The second-order valence-corrected chi connectivity index (χ2v) is 11.4. The molecule has 7 heteroatoms. The Kier molecular flexibility index (Phi) is 10.4. The molecule has 36 heavy (non-hydrogen) atoms. The summed E-state index contributed by atoms with van der Waals surface area (Å²) in [6, 6.07) is 12.0. The minimum atomic E-state index is -0.885. The minimum Gasteiger partial charge on any atom is -0.462 e. The van der Waals surface area contributed by atoms with Crippen molar-refractivity contribution in [1.82, 2.24) is 5.32 Å². The molecule has 2 amide bonds. The second-order valence-electron chi connectivity index (χ2n) is 11.0. The van der Waals surface area contributed by atoms with Crippen LogP contribution in [0.3, 0.4) is 0 Å². The highest BCUT2D eigenvalue weighted by Gasteiger charge is 2.39. The maximum Gasteiger partial charge on any atom is 0.338 e. The van der Waals surface area contributed by atoms with E-state index in [2.05, 4.69) is 31.4 Å². The van der Waals surface area contributed by atoms with Crippen LogP contribution in [0.2, 0.25) is 5.02 Å². The molecule has 1 unspecified atom stereocenters. The van der Waals surface area contributed by atoms with Crippen LogP contribution in [-0.2, 0) is 16.7 Å². The predicted molar refractivity (Wildman–Crippen MR) is 147 cm³/mol. The molecule has 2 rings (SSSR count). The Hall–Kier alpha value is -2.57. The van der Waals surface area contributed by atoms with Gasteiger partial charge in [-0.3, -0.25) is 0 Å². The van der Waals surface area contributed by atoms with Gasteiger partial charge in [-0.1, -0.05) is 58.4 Å². The van der Waals surface area contributed by atoms with Crippen LogP contribution < -0.4 is 10.6 Å². The zero-order valence-corrected chi connectivity index (χ0v) is 23.3. The summed E-state index contributed by atoms with van der Waals surface area (Å²) in [5.41, 5.74) is 2.15. The van der Waals surface area contributed by atoms with E-state index in [9.17, 15) is 14.7 Å². The molecule has 0 aromatic heterocycles. The molecular weight excluding hydrogens is 476 g/mol. The van der Waals surface area contributed by atoms with E-state index in [1.165, 1.54) is 0 Å². The van der Waals surface area contributed by atoms with Crippen LogP contribution >= 0.6 is 11.6 Å². The van der Waals surface area contributed by atoms with E-state index in [4.69, 9.17) is 16.3 Å². The second kappa shape index (κ2) is 12.6. The van der Waals surface area contributed by atoms with Gasteiger partial charge in [0.2, 0.25) is 0 Å². The van der Waals surface area contributed by atoms with Crippen molar-refractivity contribution in [2.24, 2.45) is 17.3 Å². The lowest BCUT2D eigenvalue weighted by atomic mass is 9.74. The standard InChI is InChI=1S/C29H41ClN2O4/c1-8-36-26(34)21-10-13-23(14-11-21)31-27(35)32-29(7,24(18-33)19(2)3)22-12-9-20(25(30)17-22)15-16-28(4,5)6/h9-14,17,19,24,33H,8,15-16,18H2,1-7H3,(H2,31,32,35)/t24?,29-/m0/s1. The molecule has 0 saturated carbocycles. The number of nitrogens with one attached hydrogen (secondary N) is 2. The smallest absolute Gasteiger partial charge is 0.338 e. The molecule has 3 N–H and O–H groups in total. The van der Waals surface area contributed by atoms with Gasteiger partial charge in [0.25, 0.3) is 0 Å². The molecule has 0 aliphatic carbocycles. The molecule has 2 aromatic carbocycles. The van der Waals surface area contributed by atoms with Crippen molar-refractivity contribution in [3.63, 3.8) is 0 Å². The molecule has 0 fully saturated rings. The Bertz CT molecular complexity index is 1030. The third kappa shape index (κ3) is 7.97. The highest BCUT2D eigenvalue weighted by atomic mass is 35.5. The summed E-state index contributed by atoms with van der Waals surface area (Å²) < 4.78 is 5.00. The number of ether oxygens (including phenoxy) is 1. The van der Waals surface area contributed by atoms with Gasteiger partial charge >= 0.3 is 12.0 Å². The molecule has 2 atom stereocenters. The number of aliphatic hydroxyl groups excluding tert-OH is 1. The van der Waals surface area contributed by atoms with Gasteiger partial charge < -0.3 is 20.5 Å². The van der Waals surface area contributed by atoms with Gasteiger partial charge in [0.05, 0.1) is 17.7 Å². The Balaban J connectivity index is 2.29. The van der Waals surface area contributed by atoms with Crippen LogP contribution in [0.15, 0.2) is 42.5 Å². The molecule has 0 aliphatic heterocycles. The monoisotopic (exact) mass is 516 g/mol. The lowest BCUT2D eigenvalue weighted by molar-refractivity contribution is 0.0526. The fourth-order valence-electron chi connectivity index (χ4n) is 4.32. The fraction of sp³-hybridized carbons (Fsp3) is 0.517. The Morgan fingerprint density at radius 2 is 1.69 bits per heavy atom. The largest absolute Gasteiger partial charge is 0.462 e. The number of benzene rings is 2. The number of halogens is 1. The van der Waals surface area contributed by atoms with Crippen LogP contribution in [0.1, 0.15) is 76.4 Å². The summed E-state index contributed by atoms with van der Waals surface area (Å²) >= 11 is 6.69. The van der Waals surface area contributed by atoms with Crippen LogP contribution in [0, 0.1) is 17.3 Å². The normalized spacial score (nSPS) is 14.2. The number of amides is 2. The van der Waals surface area contributed by atoms with Crippen molar-refractivity contribution in [2.75, 3.05) is 18.5 Å². The van der Waals surface area contributed by atoms with E-state index in [0.29, 0.717) is 22.9 Å². The van der Waals surface area contributed by atoms with E-state index in [-0.39, 0.29) is 23.9 Å². The number of urea groups is 1. The average Bonchev–Trinajstić information content (AvgIpc) is 2.78. The summed E-state index contributed by atoms with van der Waals surface area (Å²) in [7, 11) is 0. The number of carbonyl (C=O) groups excluding carboxylic acids is 2. The van der Waals surface area contributed by atoms with Crippen molar-refractivity contribution in [3.8, 4) is 0 Å². The third-order valence-corrected chi connectivity index (χ3v) is 6.92. The van der Waals surface area contributed by atoms with Crippen molar-refractivity contribution in [3.05, 3.63) is 64.2 Å². The van der Waals surface area contributed by atoms with E-state index < -0.39 is 17.5 Å². The van der Waals surface area contributed by atoms with Gasteiger partial charge in [-0.05, 0) is 79.5 Å². The van der Waals surface area contributed by atoms with Gasteiger partial charge in [0.1, 0.15) is 0 Å². The van der Waals surface area contributed by atoms with Gasteiger partial charge in [-0.25, -0.2) is 9.59 Å². The molecule has 198 valence electrons. The van der Waals surface area contributed by atoms with Crippen molar-refractivity contribution >= 4 is 29.3 Å².